The number of rotatable bonds is 8. The van der Waals surface area contributed by atoms with Gasteiger partial charge in [0.1, 0.15) is 0 Å². The summed E-state index contributed by atoms with van der Waals surface area (Å²) in [6.07, 6.45) is 0.806. The Morgan fingerprint density at radius 3 is 2.28 bits per heavy atom. The zero-order valence-corrected chi connectivity index (χ0v) is 17.1. The molecule has 0 spiro atoms. The highest BCUT2D eigenvalue weighted by atomic mass is 16.2. The van der Waals surface area contributed by atoms with E-state index in [1.54, 1.807) is 14.0 Å². The molecule has 0 bridgehead atoms. The predicted octanol–water partition coefficient (Wildman–Crippen LogP) is 1.29. The van der Waals surface area contributed by atoms with E-state index >= 15 is 0 Å². The Kier molecular flexibility index (Phi) is 8.36. The van der Waals surface area contributed by atoms with Crippen molar-refractivity contribution in [2.45, 2.75) is 26.3 Å². The predicted molar refractivity (Wildman–Crippen MR) is 113 cm³/mol. The number of hydrogen-bond acceptors (Lipinski definition) is 3. The first kappa shape index (κ1) is 22.1. The normalized spacial score (nSPS) is 12.5. The average Bonchev–Trinajstić information content (AvgIpc) is 2.69. The number of aryl methyl sites for hydroxylation is 1. The Morgan fingerprint density at radius 1 is 0.966 bits per heavy atom. The minimum Gasteiger partial charge on any atom is -0.338 e. The second kappa shape index (κ2) is 11.0. The summed E-state index contributed by atoms with van der Waals surface area (Å²) >= 11 is 0. The minimum absolute atomic E-state index is 0.0699. The number of imide groups is 1. The van der Waals surface area contributed by atoms with Crippen molar-refractivity contribution in [1.29, 1.82) is 0 Å². The van der Waals surface area contributed by atoms with E-state index in [-0.39, 0.29) is 12.5 Å². The first-order valence-electron chi connectivity index (χ1n) is 9.79. The van der Waals surface area contributed by atoms with Gasteiger partial charge in [0.2, 0.25) is 0 Å². The Bertz CT molecular complexity index is 839. The highest BCUT2D eigenvalue weighted by Crippen LogP contribution is 2.15. The van der Waals surface area contributed by atoms with Gasteiger partial charge in [0.05, 0.1) is 7.05 Å². The Balaban J connectivity index is 2.14. The zero-order valence-electron chi connectivity index (χ0n) is 17.1. The van der Waals surface area contributed by atoms with Crippen LogP contribution in [0.2, 0.25) is 0 Å². The third-order valence-electron chi connectivity index (χ3n) is 4.57. The molecule has 1 unspecified atom stereocenters. The van der Waals surface area contributed by atoms with Gasteiger partial charge in [0.25, 0.3) is 11.8 Å². The van der Waals surface area contributed by atoms with E-state index in [9.17, 15) is 14.4 Å². The maximum atomic E-state index is 12.8. The number of urea groups is 1. The lowest BCUT2D eigenvalue weighted by Gasteiger charge is -2.24. The number of hydrogen-bond donors (Lipinski definition) is 4. The number of para-hydroxylation sites is 1. The highest BCUT2D eigenvalue weighted by molar-refractivity contribution is 5.97. The molecule has 4 amide bonds. The molecule has 0 aromatic heterocycles. The van der Waals surface area contributed by atoms with E-state index in [1.165, 1.54) is 0 Å². The molecule has 29 heavy (non-hydrogen) atoms. The van der Waals surface area contributed by atoms with Gasteiger partial charge in [-0.3, -0.25) is 14.9 Å². The Morgan fingerprint density at radius 2 is 1.62 bits per heavy atom. The van der Waals surface area contributed by atoms with Gasteiger partial charge >= 0.3 is 6.03 Å². The fourth-order valence-electron chi connectivity index (χ4n) is 3.19. The maximum Gasteiger partial charge on any atom is 0.321 e. The van der Waals surface area contributed by atoms with Gasteiger partial charge in [0, 0.05) is 17.8 Å². The summed E-state index contributed by atoms with van der Waals surface area (Å²) in [4.78, 5) is 37.9. The van der Waals surface area contributed by atoms with Crippen LogP contribution < -0.4 is 20.9 Å². The Labute approximate surface area is 171 Å². The third kappa shape index (κ3) is 6.43. The second-order valence-electron chi connectivity index (χ2n) is 6.77. The van der Waals surface area contributed by atoms with Crippen molar-refractivity contribution in [2.75, 3.05) is 25.5 Å². The van der Waals surface area contributed by atoms with Crippen LogP contribution in [0.4, 0.5) is 10.5 Å². The summed E-state index contributed by atoms with van der Waals surface area (Å²) < 4.78 is 0. The van der Waals surface area contributed by atoms with E-state index in [2.05, 4.69) is 16.0 Å². The van der Waals surface area contributed by atoms with Crippen LogP contribution >= 0.6 is 0 Å². The fraction of sp³-hybridized carbons (Fsp3) is 0.318. The van der Waals surface area contributed by atoms with Crippen molar-refractivity contribution in [3.63, 3.8) is 0 Å². The minimum atomic E-state index is -0.703. The van der Waals surface area contributed by atoms with Crippen molar-refractivity contribution in [1.82, 2.24) is 10.6 Å². The van der Waals surface area contributed by atoms with E-state index in [1.807, 2.05) is 61.5 Å². The number of carbonyl (C=O) groups is 3. The van der Waals surface area contributed by atoms with Crippen LogP contribution in [0.1, 0.15) is 31.0 Å². The highest BCUT2D eigenvalue weighted by Gasteiger charge is 2.31. The lowest BCUT2D eigenvalue weighted by atomic mass is 10.0. The number of benzene rings is 2. The lowest BCUT2D eigenvalue weighted by Crippen LogP contribution is -3.11. The number of amides is 4. The molecular weight excluding hydrogens is 368 g/mol. The molecule has 2 aromatic carbocycles. The molecule has 2 aromatic rings. The van der Waals surface area contributed by atoms with Crippen molar-refractivity contribution < 1.29 is 19.3 Å². The van der Waals surface area contributed by atoms with Gasteiger partial charge in [0.15, 0.2) is 12.6 Å². The third-order valence-corrected chi connectivity index (χ3v) is 4.57. The van der Waals surface area contributed by atoms with Crippen LogP contribution in [0.15, 0.2) is 54.6 Å². The molecule has 7 nitrogen and oxygen atoms in total. The number of nitrogens with one attached hydrogen (secondary N) is 4. The monoisotopic (exact) mass is 397 g/mol. The molecule has 4 N–H and O–H groups in total. The first-order valence-corrected chi connectivity index (χ1v) is 9.79. The maximum absolute atomic E-state index is 12.8. The molecule has 0 heterocycles. The van der Waals surface area contributed by atoms with Gasteiger partial charge in [-0.2, -0.15) is 0 Å². The van der Waals surface area contributed by atoms with Gasteiger partial charge in [-0.15, -0.1) is 0 Å². The molecule has 2 atom stereocenters. The van der Waals surface area contributed by atoms with Crippen molar-refractivity contribution >= 4 is 23.5 Å². The smallest absolute Gasteiger partial charge is 0.321 e. The summed E-state index contributed by atoms with van der Waals surface area (Å²) in [7, 11) is 1.76. The second-order valence-corrected chi connectivity index (χ2v) is 6.77. The molecule has 0 aliphatic rings. The molecule has 0 saturated carbocycles. The van der Waals surface area contributed by atoms with Crippen LogP contribution in [-0.4, -0.2) is 38.0 Å². The number of likely N-dealkylation sites (N-methyl/N-ethyl adjacent to an activating group) is 1. The van der Waals surface area contributed by atoms with Crippen LogP contribution in [0.5, 0.6) is 0 Å². The zero-order chi connectivity index (χ0) is 21.2. The summed E-state index contributed by atoms with van der Waals surface area (Å²) in [5, 5.41) is 7.84. The molecule has 0 fully saturated rings. The van der Waals surface area contributed by atoms with Crippen LogP contribution in [0.3, 0.4) is 0 Å². The van der Waals surface area contributed by atoms with E-state index in [4.69, 9.17) is 0 Å². The van der Waals surface area contributed by atoms with Crippen molar-refractivity contribution in [3.8, 4) is 0 Å². The van der Waals surface area contributed by atoms with Gasteiger partial charge < -0.3 is 15.5 Å². The number of anilines is 1. The lowest BCUT2D eigenvalue weighted by molar-refractivity contribution is -0.894. The number of carbonyl (C=O) groups excluding carboxylic acids is 3. The van der Waals surface area contributed by atoms with Gasteiger partial charge in [-0.25, -0.2) is 4.79 Å². The number of quaternary nitrogens is 1. The van der Waals surface area contributed by atoms with E-state index in [0.29, 0.717) is 11.4 Å². The first-order chi connectivity index (χ1) is 14.0. The Hall–Kier alpha value is -3.19. The summed E-state index contributed by atoms with van der Waals surface area (Å²) in [5.74, 6) is -0.656. The summed E-state index contributed by atoms with van der Waals surface area (Å²) in [6.45, 7) is 4.28. The molecular formula is C22H29N4O3+. The van der Waals surface area contributed by atoms with Crippen LogP contribution in [0.25, 0.3) is 0 Å². The topological polar surface area (TPSA) is 91.7 Å². The fourth-order valence-corrected chi connectivity index (χ4v) is 3.19. The molecule has 154 valence electrons. The van der Waals surface area contributed by atoms with Crippen LogP contribution in [0, 0.1) is 0 Å². The van der Waals surface area contributed by atoms with E-state index < -0.39 is 18.0 Å². The average molecular weight is 397 g/mol. The summed E-state index contributed by atoms with van der Waals surface area (Å²) in [6, 6.07) is 15.5. The van der Waals surface area contributed by atoms with Crippen molar-refractivity contribution in [3.05, 3.63) is 65.7 Å². The van der Waals surface area contributed by atoms with Crippen LogP contribution in [-0.2, 0) is 16.0 Å². The van der Waals surface area contributed by atoms with Gasteiger partial charge in [-0.05, 0) is 25.0 Å². The van der Waals surface area contributed by atoms with E-state index in [0.717, 1.165) is 23.2 Å². The molecule has 0 aliphatic carbocycles. The van der Waals surface area contributed by atoms with Gasteiger partial charge in [-0.1, -0.05) is 55.5 Å². The molecule has 2 rings (SSSR count). The standard InChI is InChI=1S/C22H28N4O3/c1-4-16-11-9-10-14-18(16)24-19(27)15-26(3)20(17-12-7-6-8-13-17)21(28)25-22(29)23-5-2/h6-14,20H,4-5,15H2,1-3H3,(H,24,27)(H2,23,25,28,29)/p+1/t20-/m1/s1. The quantitative estimate of drug-likeness (QED) is 0.541. The largest absolute Gasteiger partial charge is 0.338 e. The summed E-state index contributed by atoms with van der Waals surface area (Å²) in [5.41, 5.74) is 2.55. The SMILES string of the molecule is CCNC(=O)NC(=O)[C@@H](c1ccccc1)[NH+](C)CC(=O)Nc1ccccc1CC. The molecule has 0 radical (unpaired) electrons. The molecule has 0 saturated heterocycles. The molecule has 0 aliphatic heterocycles. The molecule has 7 heteroatoms. The van der Waals surface area contributed by atoms with Crippen molar-refractivity contribution in [2.24, 2.45) is 0 Å².